The molecular weight excluding hydrogens is 268 g/mol. The van der Waals surface area contributed by atoms with Crippen molar-refractivity contribution < 1.29 is 14.3 Å². The van der Waals surface area contributed by atoms with E-state index in [1.165, 1.54) is 0 Å². The highest BCUT2D eigenvalue weighted by atomic mass is 16.6. The molecule has 0 bridgehead atoms. The lowest BCUT2D eigenvalue weighted by molar-refractivity contribution is -0.121. The van der Waals surface area contributed by atoms with Crippen molar-refractivity contribution in [2.24, 2.45) is 0 Å². The maximum Gasteiger partial charge on any atom is 0.242 e. The summed E-state index contributed by atoms with van der Waals surface area (Å²) in [6.45, 7) is 5.87. The molecule has 1 amide bonds. The quantitative estimate of drug-likeness (QED) is 0.758. The molecule has 5 nitrogen and oxygen atoms in total. The van der Waals surface area contributed by atoms with Crippen LogP contribution in [-0.4, -0.2) is 31.7 Å². The van der Waals surface area contributed by atoms with Gasteiger partial charge in [0, 0.05) is 18.3 Å². The van der Waals surface area contributed by atoms with Gasteiger partial charge in [-0.1, -0.05) is 19.8 Å². The van der Waals surface area contributed by atoms with Crippen LogP contribution in [-0.2, 0) is 4.79 Å². The van der Waals surface area contributed by atoms with E-state index in [2.05, 4.69) is 17.6 Å². The summed E-state index contributed by atoms with van der Waals surface area (Å²) >= 11 is 0. The van der Waals surface area contributed by atoms with Crippen LogP contribution in [0.15, 0.2) is 18.2 Å². The molecule has 0 fully saturated rings. The Morgan fingerprint density at radius 3 is 2.76 bits per heavy atom. The number of fused-ring (bicyclic) bond motifs is 1. The largest absolute Gasteiger partial charge is 0.486 e. The SMILES string of the molecule is CCCCCNC(=O)C(C)Nc1ccc2c(c1)OCCO2. The Morgan fingerprint density at radius 1 is 1.24 bits per heavy atom. The van der Waals surface area contributed by atoms with Gasteiger partial charge >= 0.3 is 0 Å². The first kappa shape index (κ1) is 15.5. The minimum atomic E-state index is -0.283. The minimum Gasteiger partial charge on any atom is -0.486 e. The zero-order chi connectivity index (χ0) is 15.1. The summed E-state index contributed by atoms with van der Waals surface area (Å²) in [5, 5.41) is 6.13. The van der Waals surface area contributed by atoms with E-state index in [1.54, 1.807) is 0 Å². The summed E-state index contributed by atoms with van der Waals surface area (Å²) in [5.74, 6) is 1.49. The average molecular weight is 292 g/mol. The van der Waals surface area contributed by atoms with Crippen molar-refractivity contribution in [2.45, 2.75) is 39.2 Å². The van der Waals surface area contributed by atoms with Crippen LogP contribution >= 0.6 is 0 Å². The number of unbranched alkanes of at least 4 members (excludes halogenated alkanes) is 2. The lowest BCUT2D eigenvalue weighted by atomic mass is 10.2. The van der Waals surface area contributed by atoms with Crippen molar-refractivity contribution in [2.75, 3.05) is 25.1 Å². The molecule has 0 saturated carbocycles. The molecule has 1 aromatic rings. The molecule has 1 atom stereocenters. The third kappa shape index (κ3) is 4.55. The van der Waals surface area contributed by atoms with Crippen molar-refractivity contribution in [3.8, 4) is 11.5 Å². The van der Waals surface area contributed by atoms with Crippen LogP contribution in [0.5, 0.6) is 11.5 Å². The van der Waals surface area contributed by atoms with Gasteiger partial charge in [0.1, 0.15) is 19.3 Å². The number of ether oxygens (including phenoxy) is 2. The first-order chi connectivity index (χ1) is 10.2. The first-order valence-corrected chi connectivity index (χ1v) is 7.64. The van der Waals surface area contributed by atoms with Crippen LogP contribution in [0, 0.1) is 0 Å². The molecule has 1 unspecified atom stereocenters. The number of benzene rings is 1. The second kappa shape index (κ2) is 7.76. The molecule has 0 aromatic heterocycles. The summed E-state index contributed by atoms with van der Waals surface area (Å²) in [5.41, 5.74) is 0.857. The van der Waals surface area contributed by atoms with Gasteiger partial charge in [0.25, 0.3) is 0 Å². The van der Waals surface area contributed by atoms with Gasteiger partial charge in [-0.3, -0.25) is 4.79 Å². The van der Waals surface area contributed by atoms with E-state index in [-0.39, 0.29) is 11.9 Å². The first-order valence-electron chi connectivity index (χ1n) is 7.64. The molecule has 0 radical (unpaired) electrons. The van der Waals surface area contributed by atoms with E-state index in [9.17, 15) is 4.79 Å². The summed E-state index contributed by atoms with van der Waals surface area (Å²) in [6, 6.07) is 5.35. The Morgan fingerprint density at radius 2 is 2.00 bits per heavy atom. The standard InChI is InChI=1S/C16H24N2O3/c1-3-4-5-8-17-16(19)12(2)18-13-6-7-14-15(11-13)21-10-9-20-14/h6-7,11-12,18H,3-5,8-10H2,1-2H3,(H,17,19). The van der Waals surface area contributed by atoms with E-state index in [0.29, 0.717) is 13.2 Å². The Bertz CT molecular complexity index is 477. The molecule has 0 spiro atoms. The van der Waals surface area contributed by atoms with Gasteiger partial charge in [-0.25, -0.2) is 0 Å². The van der Waals surface area contributed by atoms with Crippen molar-refractivity contribution in [3.63, 3.8) is 0 Å². The highest BCUT2D eigenvalue weighted by molar-refractivity contribution is 5.84. The number of carbonyl (C=O) groups is 1. The van der Waals surface area contributed by atoms with Crippen molar-refractivity contribution in [1.29, 1.82) is 0 Å². The summed E-state index contributed by atoms with van der Waals surface area (Å²) in [7, 11) is 0. The van der Waals surface area contributed by atoms with Gasteiger partial charge in [-0.2, -0.15) is 0 Å². The molecule has 2 rings (SSSR count). The Labute approximate surface area is 126 Å². The Balaban J connectivity index is 1.84. The normalized spacial score (nSPS) is 14.4. The van der Waals surface area contributed by atoms with Crippen LogP contribution in [0.1, 0.15) is 33.1 Å². The van der Waals surface area contributed by atoms with Gasteiger partial charge in [-0.15, -0.1) is 0 Å². The zero-order valence-corrected chi connectivity index (χ0v) is 12.8. The average Bonchev–Trinajstić information content (AvgIpc) is 2.51. The maximum absolute atomic E-state index is 12.0. The van der Waals surface area contributed by atoms with Crippen LogP contribution in [0.4, 0.5) is 5.69 Å². The number of anilines is 1. The van der Waals surface area contributed by atoms with E-state index >= 15 is 0 Å². The number of nitrogens with one attached hydrogen (secondary N) is 2. The predicted molar refractivity (Wildman–Crippen MR) is 83.1 cm³/mol. The second-order valence-corrected chi connectivity index (χ2v) is 5.22. The van der Waals surface area contributed by atoms with Gasteiger partial charge < -0.3 is 20.1 Å². The summed E-state index contributed by atoms with van der Waals surface area (Å²) in [6.07, 6.45) is 3.32. The molecule has 5 heteroatoms. The molecule has 1 aliphatic heterocycles. The van der Waals surface area contributed by atoms with Crippen molar-refractivity contribution >= 4 is 11.6 Å². The van der Waals surface area contributed by atoms with Gasteiger partial charge in [0.05, 0.1) is 0 Å². The third-order valence-corrected chi connectivity index (χ3v) is 3.40. The maximum atomic E-state index is 12.0. The topological polar surface area (TPSA) is 59.6 Å². The number of hydrogen-bond acceptors (Lipinski definition) is 4. The van der Waals surface area contributed by atoms with E-state index < -0.39 is 0 Å². The van der Waals surface area contributed by atoms with Crippen LogP contribution in [0.3, 0.4) is 0 Å². The molecule has 1 aliphatic rings. The predicted octanol–water partition coefficient (Wildman–Crippen LogP) is 2.56. The molecular formula is C16H24N2O3. The molecule has 2 N–H and O–H groups in total. The Hall–Kier alpha value is -1.91. The zero-order valence-electron chi connectivity index (χ0n) is 12.8. The van der Waals surface area contributed by atoms with E-state index in [0.717, 1.165) is 43.0 Å². The molecule has 116 valence electrons. The molecule has 21 heavy (non-hydrogen) atoms. The second-order valence-electron chi connectivity index (χ2n) is 5.22. The lowest BCUT2D eigenvalue weighted by Gasteiger charge is -2.20. The number of carbonyl (C=O) groups excluding carboxylic acids is 1. The highest BCUT2D eigenvalue weighted by Crippen LogP contribution is 2.32. The molecule has 0 saturated heterocycles. The van der Waals surface area contributed by atoms with Crippen LogP contribution in [0.25, 0.3) is 0 Å². The molecule has 1 aromatic carbocycles. The Kier molecular flexibility index (Phi) is 5.72. The van der Waals surface area contributed by atoms with Crippen molar-refractivity contribution in [3.05, 3.63) is 18.2 Å². The van der Waals surface area contributed by atoms with Gasteiger partial charge in [0.15, 0.2) is 11.5 Å². The molecule has 1 heterocycles. The van der Waals surface area contributed by atoms with E-state index in [4.69, 9.17) is 9.47 Å². The van der Waals surface area contributed by atoms with Gasteiger partial charge in [-0.05, 0) is 25.5 Å². The third-order valence-electron chi connectivity index (χ3n) is 3.40. The van der Waals surface area contributed by atoms with Gasteiger partial charge in [0.2, 0.25) is 5.91 Å². The van der Waals surface area contributed by atoms with Crippen LogP contribution in [0.2, 0.25) is 0 Å². The fourth-order valence-electron chi connectivity index (χ4n) is 2.19. The lowest BCUT2D eigenvalue weighted by Crippen LogP contribution is -2.38. The molecule has 0 aliphatic carbocycles. The number of hydrogen-bond donors (Lipinski definition) is 2. The fraction of sp³-hybridized carbons (Fsp3) is 0.562. The summed E-state index contributed by atoms with van der Waals surface area (Å²) in [4.78, 5) is 12.0. The minimum absolute atomic E-state index is 0.0148. The number of amides is 1. The fourth-order valence-corrected chi connectivity index (χ4v) is 2.19. The smallest absolute Gasteiger partial charge is 0.242 e. The van der Waals surface area contributed by atoms with E-state index in [1.807, 2.05) is 25.1 Å². The highest BCUT2D eigenvalue weighted by Gasteiger charge is 2.15. The summed E-state index contributed by atoms with van der Waals surface area (Å²) < 4.78 is 11.0. The van der Waals surface area contributed by atoms with Crippen molar-refractivity contribution in [1.82, 2.24) is 5.32 Å². The number of rotatable bonds is 7. The van der Waals surface area contributed by atoms with Crippen LogP contribution < -0.4 is 20.1 Å². The monoisotopic (exact) mass is 292 g/mol.